The van der Waals surface area contributed by atoms with E-state index in [2.05, 4.69) is 20.6 Å². The minimum absolute atomic E-state index is 0.00988. The summed E-state index contributed by atoms with van der Waals surface area (Å²) in [6.07, 6.45) is 2.78. The van der Waals surface area contributed by atoms with E-state index in [9.17, 15) is 9.18 Å². The highest BCUT2D eigenvalue weighted by atomic mass is 35.5. The van der Waals surface area contributed by atoms with E-state index >= 15 is 0 Å². The predicted octanol–water partition coefficient (Wildman–Crippen LogP) is 5.23. The van der Waals surface area contributed by atoms with Gasteiger partial charge in [0.05, 0.1) is 10.6 Å². The largest absolute Gasteiger partial charge is 0.324 e. The van der Waals surface area contributed by atoms with Crippen LogP contribution in [0.1, 0.15) is 15.9 Å². The number of nitrogens with zero attached hydrogens (tertiary/aromatic N) is 2. The Morgan fingerprint density at radius 1 is 1.08 bits per heavy atom. The van der Waals surface area contributed by atoms with Crippen molar-refractivity contribution in [2.75, 3.05) is 10.6 Å². The molecule has 5 nitrogen and oxygen atoms in total. The molecule has 0 saturated heterocycles. The lowest BCUT2D eigenvalue weighted by molar-refractivity contribution is 0.102. The summed E-state index contributed by atoms with van der Waals surface area (Å²) < 4.78 is 13.2. The van der Waals surface area contributed by atoms with Gasteiger partial charge in [0, 0.05) is 28.8 Å². The molecule has 2 N–H and O–H groups in total. The van der Waals surface area contributed by atoms with E-state index in [1.165, 1.54) is 30.6 Å². The number of carbonyl (C=O) groups is 1. The highest BCUT2D eigenvalue weighted by Gasteiger charge is 2.10. The van der Waals surface area contributed by atoms with E-state index in [1.807, 2.05) is 6.92 Å². The summed E-state index contributed by atoms with van der Waals surface area (Å²) in [6.45, 7) is 1.85. The number of anilines is 3. The van der Waals surface area contributed by atoms with E-state index in [0.717, 1.165) is 5.56 Å². The Balaban J connectivity index is 1.70. The van der Waals surface area contributed by atoms with Crippen molar-refractivity contribution < 1.29 is 9.18 Å². The number of benzene rings is 2. The number of hydrogen-bond acceptors (Lipinski definition) is 4. The van der Waals surface area contributed by atoms with Gasteiger partial charge in [0.2, 0.25) is 5.95 Å². The van der Waals surface area contributed by atoms with Crippen LogP contribution in [0.2, 0.25) is 10.0 Å². The van der Waals surface area contributed by atoms with Crippen molar-refractivity contribution in [3.63, 3.8) is 0 Å². The van der Waals surface area contributed by atoms with E-state index in [1.54, 1.807) is 18.2 Å². The van der Waals surface area contributed by atoms with Gasteiger partial charge in [0.1, 0.15) is 5.82 Å². The minimum Gasteiger partial charge on any atom is -0.324 e. The molecule has 0 aliphatic carbocycles. The van der Waals surface area contributed by atoms with Gasteiger partial charge in [-0.1, -0.05) is 23.2 Å². The zero-order valence-electron chi connectivity index (χ0n) is 13.6. The number of aryl methyl sites for hydroxylation is 1. The average Bonchev–Trinajstić information content (AvgIpc) is 2.61. The molecule has 0 unspecified atom stereocenters. The number of halogens is 3. The maximum Gasteiger partial charge on any atom is 0.258 e. The van der Waals surface area contributed by atoms with Crippen LogP contribution in [0.3, 0.4) is 0 Å². The van der Waals surface area contributed by atoms with Gasteiger partial charge in [-0.3, -0.25) is 4.79 Å². The topological polar surface area (TPSA) is 66.9 Å². The summed E-state index contributed by atoms with van der Waals surface area (Å²) in [6, 6.07) is 9.35. The number of nitrogens with one attached hydrogen (secondary N) is 2. The molecule has 0 aliphatic heterocycles. The molecule has 3 aromatic rings. The van der Waals surface area contributed by atoms with Crippen LogP contribution in [-0.4, -0.2) is 15.9 Å². The number of carbonyl (C=O) groups excluding carboxylic acids is 1. The Kier molecular flexibility index (Phi) is 5.35. The molecule has 0 bridgehead atoms. The van der Waals surface area contributed by atoms with Gasteiger partial charge in [-0.15, -0.1) is 0 Å². The predicted molar refractivity (Wildman–Crippen MR) is 101 cm³/mol. The Morgan fingerprint density at radius 2 is 1.81 bits per heavy atom. The van der Waals surface area contributed by atoms with Crippen LogP contribution in [-0.2, 0) is 0 Å². The zero-order valence-corrected chi connectivity index (χ0v) is 15.1. The van der Waals surface area contributed by atoms with Crippen LogP contribution in [0.4, 0.5) is 21.7 Å². The molecule has 0 saturated carbocycles. The van der Waals surface area contributed by atoms with Crippen molar-refractivity contribution in [3.8, 4) is 0 Å². The van der Waals surface area contributed by atoms with E-state index in [0.29, 0.717) is 22.0 Å². The maximum absolute atomic E-state index is 13.2. The lowest BCUT2D eigenvalue weighted by atomic mass is 10.2. The highest BCUT2D eigenvalue weighted by molar-refractivity contribution is 6.31. The van der Waals surface area contributed by atoms with Gasteiger partial charge < -0.3 is 10.6 Å². The first-order valence-electron chi connectivity index (χ1n) is 7.54. The summed E-state index contributed by atoms with van der Waals surface area (Å²) >= 11 is 11.6. The monoisotopic (exact) mass is 390 g/mol. The molecule has 0 aliphatic rings. The van der Waals surface area contributed by atoms with Crippen LogP contribution in [0.5, 0.6) is 0 Å². The molecule has 2 aromatic carbocycles. The lowest BCUT2D eigenvalue weighted by Gasteiger charge is -2.09. The minimum atomic E-state index is -0.511. The summed E-state index contributed by atoms with van der Waals surface area (Å²) in [5.41, 5.74) is 2.33. The van der Waals surface area contributed by atoms with Gasteiger partial charge in [0.15, 0.2) is 0 Å². The van der Waals surface area contributed by atoms with Crippen molar-refractivity contribution in [2.45, 2.75) is 6.92 Å². The van der Waals surface area contributed by atoms with Crippen molar-refractivity contribution in [1.82, 2.24) is 9.97 Å². The average molecular weight is 391 g/mol. The first kappa shape index (κ1) is 18.1. The molecule has 0 radical (unpaired) electrons. The third kappa shape index (κ3) is 4.28. The SMILES string of the molecule is Cc1cc(Cl)ccc1NC(=O)c1cnc(Nc2ccc(F)c(Cl)c2)nc1. The van der Waals surface area contributed by atoms with Crippen molar-refractivity contribution >= 4 is 46.4 Å². The van der Waals surface area contributed by atoms with Gasteiger partial charge >= 0.3 is 0 Å². The van der Waals surface area contributed by atoms with E-state index in [-0.39, 0.29) is 16.9 Å². The fraction of sp³-hybridized carbons (Fsp3) is 0.0556. The Hall–Kier alpha value is -2.70. The van der Waals surface area contributed by atoms with Crippen molar-refractivity contribution in [3.05, 3.63) is 75.8 Å². The quantitative estimate of drug-likeness (QED) is 0.640. The molecule has 1 aromatic heterocycles. The third-order valence-electron chi connectivity index (χ3n) is 3.53. The van der Waals surface area contributed by atoms with E-state index < -0.39 is 5.82 Å². The van der Waals surface area contributed by atoms with Crippen molar-refractivity contribution in [2.24, 2.45) is 0 Å². The summed E-state index contributed by atoms with van der Waals surface area (Å²) in [5, 5.41) is 6.25. The summed E-state index contributed by atoms with van der Waals surface area (Å²) in [5.74, 6) is -0.596. The normalized spacial score (nSPS) is 10.5. The van der Waals surface area contributed by atoms with E-state index in [4.69, 9.17) is 23.2 Å². The van der Waals surface area contributed by atoms with Gasteiger partial charge in [-0.25, -0.2) is 14.4 Å². The molecule has 132 valence electrons. The number of rotatable bonds is 4. The second kappa shape index (κ2) is 7.68. The molecular weight excluding hydrogens is 378 g/mol. The van der Waals surface area contributed by atoms with Crippen LogP contribution in [0.15, 0.2) is 48.8 Å². The number of aromatic nitrogens is 2. The van der Waals surface area contributed by atoms with Gasteiger partial charge in [-0.2, -0.15) is 0 Å². The number of amides is 1. The molecule has 3 rings (SSSR count). The van der Waals surface area contributed by atoms with Crippen LogP contribution in [0, 0.1) is 12.7 Å². The molecule has 0 spiro atoms. The summed E-state index contributed by atoms with van der Waals surface area (Å²) in [7, 11) is 0. The van der Waals surface area contributed by atoms with Gasteiger partial charge in [-0.05, 0) is 48.9 Å². The maximum atomic E-state index is 13.2. The molecule has 1 amide bonds. The molecule has 0 fully saturated rings. The standard InChI is InChI=1S/C18H13Cl2FN4O/c1-10-6-12(19)2-5-16(10)25-17(26)11-8-22-18(23-9-11)24-13-3-4-15(21)14(20)7-13/h2-9H,1H3,(H,25,26)(H,22,23,24). The highest BCUT2D eigenvalue weighted by Crippen LogP contribution is 2.22. The Labute approximate surface area is 159 Å². The smallest absolute Gasteiger partial charge is 0.258 e. The van der Waals surface area contributed by atoms with Crippen LogP contribution in [0.25, 0.3) is 0 Å². The second-order valence-corrected chi connectivity index (χ2v) is 6.31. The molecule has 1 heterocycles. The Morgan fingerprint density at radius 3 is 2.46 bits per heavy atom. The first-order chi connectivity index (χ1) is 12.4. The van der Waals surface area contributed by atoms with Crippen LogP contribution < -0.4 is 10.6 Å². The van der Waals surface area contributed by atoms with Crippen molar-refractivity contribution in [1.29, 1.82) is 0 Å². The van der Waals surface area contributed by atoms with Crippen LogP contribution >= 0.6 is 23.2 Å². The fourth-order valence-electron chi connectivity index (χ4n) is 2.17. The molecule has 26 heavy (non-hydrogen) atoms. The molecule has 8 heteroatoms. The molecular formula is C18H13Cl2FN4O. The zero-order chi connectivity index (χ0) is 18.7. The lowest BCUT2D eigenvalue weighted by Crippen LogP contribution is -2.13. The first-order valence-corrected chi connectivity index (χ1v) is 8.29. The second-order valence-electron chi connectivity index (χ2n) is 5.46. The summed E-state index contributed by atoms with van der Waals surface area (Å²) in [4.78, 5) is 20.5. The third-order valence-corrected chi connectivity index (χ3v) is 4.05. The van der Waals surface area contributed by atoms with Gasteiger partial charge in [0.25, 0.3) is 5.91 Å². The number of hydrogen-bond donors (Lipinski definition) is 2. The fourth-order valence-corrected chi connectivity index (χ4v) is 2.58. The molecule has 0 atom stereocenters. The Bertz CT molecular complexity index is 964.